The highest BCUT2D eigenvalue weighted by Gasteiger charge is 2.44. The molecule has 38 heavy (non-hydrogen) atoms. The molecular weight excluding hydrogens is 486 g/mol. The van der Waals surface area contributed by atoms with Crippen molar-refractivity contribution in [1.29, 1.82) is 0 Å². The number of Topliss-reactive ketones (excluding diaryl/α,β-unsaturated/α-hetero) is 1. The molecule has 0 bridgehead atoms. The van der Waals surface area contributed by atoms with E-state index in [0.29, 0.717) is 40.4 Å². The van der Waals surface area contributed by atoms with Crippen molar-refractivity contribution in [2.75, 3.05) is 20.8 Å². The van der Waals surface area contributed by atoms with Crippen LogP contribution < -0.4 is 14.2 Å². The Hall–Kier alpha value is -4.72. The Bertz CT molecular complexity index is 1530. The smallest absolute Gasteiger partial charge is 0.290 e. The molecule has 1 amide bonds. The van der Waals surface area contributed by atoms with Crippen LogP contribution >= 0.6 is 0 Å². The molecular formula is C30H27NO7. The normalized spacial score (nSPS) is 15.3. The minimum Gasteiger partial charge on any atom is -0.503 e. The van der Waals surface area contributed by atoms with Crippen molar-refractivity contribution in [3.63, 3.8) is 0 Å². The van der Waals surface area contributed by atoms with E-state index in [1.165, 1.54) is 12.0 Å². The molecule has 0 spiro atoms. The van der Waals surface area contributed by atoms with Crippen molar-refractivity contribution in [1.82, 2.24) is 4.90 Å². The summed E-state index contributed by atoms with van der Waals surface area (Å²) in [6.07, 6.45) is 0. The van der Waals surface area contributed by atoms with Crippen molar-refractivity contribution in [3.8, 4) is 17.2 Å². The van der Waals surface area contributed by atoms with Crippen LogP contribution in [0.15, 0.2) is 88.5 Å². The number of carbonyl (C=O) groups excluding carboxylic acids is 2. The van der Waals surface area contributed by atoms with Gasteiger partial charge in [0.05, 0.1) is 32.4 Å². The lowest BCUT2D eigenvalue weighted by atomic mass is 9.94. The summed E-state index contributed by atoms with van der Waals surface area (Å²) in [5.41, 5.74) is 1.78. The van der Waals surface area contributed by atoms with Gasteiger partial charge in [0.25, 0.3) is 5.91 Å². The van der Waals surface area contributed by atoms with E-state index in [2.05, 4.69) is 0 Å². The van der Waals surface area contributed by atoms with Gasteiger partial charge in [-0.1, -0.05) is 36.4 Å². The Morgan fingerprint density at radius 2 is 1.74 bits per heavy atom. The molecule has 1 atom stereocenters. The Labute approximate surface area is 219 Å². The van der Waals surface area contributed by atoms with E-state index in [1.807, 2.05) is 31.2 Å². The van der Waals surface area contributed by atoms with Crippen LogP contribution in [-0.4, -0.2) is 42.5 Å². The summed E-state index contributed by atoms with van der Waals surface area (Å²) in [6.45, 7) is 2.54. The zero-order chi connectivity index (χ0) is 26.8. The van der Waals surface area contributed by atoms with Gasteiger partial charge >= 0.3 is 0 Å². The van der Waals surface area contributed by atoms with E-state index in [9.17, 15) is 14.7 Å². The van der Waals surface area contributed by atoms with E-state index in [0.717, 1.165) is 5.56 Å². The second kappa shape index (κ2) is 10.3. The highest BCUT2D eigenvalue weighted by Crippen LogP contribution is 2.41. The number of ether oxygens (including phenoxy) is 3. The van der Waals surface area contributed by atoms with Crippen LogP contribution in [-0.2, 0) is 11.3 Å². The summed E-state index contributed by atoms with van der Waals surface area (Å²) in [7, 11) is 3.07. The molecule has 5 rings (SSSR count). The number of para-hydroxylation sites is 1. The number of rotatable bonds is 9. The molecule has 8 nitrogen and oxygen atoms in total. The standard InChI is InChI=1S/C30H27NO7/c1-4-37-22-9-5-7-18(15-22)17-31-26(19-11-13-21(35-2)14-12-19)25(28(33)30(31)34)27(32)24-16-20-8-6-10-23(36-3)29(20)38-24/h5-16,26,33H,4,17H2,1-3H3. The Kier molecular flexibility index (Phi) is 6.79. The molecule has 0 saturated carbocycles. The van der Waals surface area contributed by atoms with E-state index in [1.54, 1.807) is 55.6 Å². The van der Waals surface area contributed by atoms with Crippen LogP contribution in [0.3, 0.4) is 0 Å². The number of amides is 1. The first-order valence-corrected chi connectivity index (χ1v) is 12.2. The van der Waals surface area contributed by atoms with E-state index >= 15 is 0 Å². The highest BCUT2D eigenvalue weighted by atomic mass is 16.5. The third-order valence-electron chi connectivity index (χ3n) is 6.49. The number of nitrogens with zero attached hydrogens (tertiary/aromatic N) is 1. The highest BCUT2D eigenvalue weighted by molar-refractivity contribution is 6.16. The van der Waals surface area contributed by atoms with Gasteiger partial charge in [0.1, 0.15) is 11.5 Å². The molecule has 194 valence electrons. The fraction of sp³-hybridized carbons (Fsp3) is 0.200. The summed E-state index contributed by atoms with van der Waals surface area (Å²) in [6, 6.07) is 20.5. The maximum Gasteiger partial charge on any atom is 0.290 e. The van der Waals surface area contributed by atoms with Gasteiger partial charge in [0, 0.05) is 11.9 Å². The van der Waals surface area contributed by atoms with Gasteiger partial charge in [-0.2, -0.15) is 0 Å². The van der Waals surface area contributed by atoms with Gasteiger partial charge in [0.15, 0.2) is 22.9 Å². The molecule has 1 aliphatic rings. The number of ketones is 1. The molecule has 1 aromatic heterocycles. The van der Waals surface area contributed by atoms with Crippen LogP contribution in [0.4, 0.5) is 0 Å². The van der Waals surface area contributed by atoms with Crippen LogP contribution in [0, 0.1) is 0 Å². The molecule has 1 N–H and O–H groups in total. The number of hydrogen-bond donors (Lipinski definition) is 1. The average Bonchev–Trinajstić information content (AvgIpc) is 3.48. The van der Waals surface area contributed by atoms with Gasteiger partial charge in [-0.3, -0.25) is 9.59 Å². The third-order valence-corrected chi connectivity index (χ3v) is 6.49. The molecule has 1 aliphatic heterocycles. The number of fused-ring (bicyclic) bond motifs is 1. The Balaban J connectivity index is 1.58. The summed E-state index contributed by atoms with van der Waals surface area (Å²) in [5, 5.41) is 11.7. The maximum absolute atomic E-state index is 13.8. The molecule has 0 fully saturated rings. The second-order valence-electron chi connectivity index (χ2n) is 8.77. The number of aliphatic hydroxyl groups excluding tert-OH is 1. The minimum absolute atomic E-state index is 0.00226. The van der Waals surface area contributed by atoms with Gasteiger partial charge < -0.3 is 28.6 Å². The predicted octanol–water partition coefficient (Wildman–Crippen LogP) is 5.63. The lowest BCUT2D eigenvalue weighted by Gasteiger charge is -2.27. The monoisotopic (exact) mass is 513 g/mol. The number of hydrogen-bond acceptors (Lipinski definition) is 7. The molecule has 0 aliphatic carbocycles. The molecule has 4 aromatic rings. The van der Waals surface area contributed by atoms with Gasteiger partial charge in [0.2, 0.25) is 5.78 Å². The van der Waals surface area contributed by atoms with Crippen molar-refractivity contribution in [3.05, 3.63) is 101 Å². The number of benzene rings is 3. The Morgan fingerprint density at radius 1 is 0.974 bits per heavy atom. The lowest BCUT2D eigenvalue weighted by molar-refractivity contribution is -0.130. The molecule has 2 heterocycles. The first kappa shape index (κ1) is 25.0. The first-order chi connectivity index (χ1) is 18.4. The number of furan rings is 1. The zero-order valence-electron chi connectivity index (χ0n) is 21.3. The van der Waals surface area contributed by atoms with E-state index < -0.39 is 23.5 Å². The van der Waals surface area contributed by atoms with Gasteiger partial charge in [-0.25, -0.2) is 0 Å². The largest absolute Gasteiger partial charge is 0.503 e. The topological polar surface area (TPSA) is 98.4 Å². The average molecular weight is 514 g/mol. The summed E-state index contributed by atoms with van der Waals surface area (Å²) >= 11 is 0. The fourth-order valence-corrected chi connectivity index (χ4v) is 4.72. The van der Waals surface area contributed by atoms with Crippen LogP contribution in [0.5, 0.6) is 17.2 Å². The van der Waals surface area contributed by atoms with Crippen LogP contribution in [0.25, 0.3) is 11.0 Å². The van der Waals surface area contributed by atoms with Gasteiger partial charge in [-0.05, 0) is 54.4 Å². The second-order valence-corrected chi connectivity index (χ2v) is 8.77. The van der Waals surface area contributed by atoms with Crippen LogP contribution in [0.1, 0.15) is 34.6 Å². The number of aliphatic hydroxyl groups is 1. The molecule has 0 radical (unpaired) electrons. The van der Waals surface area contributed by atoms with E-state index in [4.69, 9.17) is 18.6 Å². The fourth-order valence-electron chi connectivity index (χ4n) is 4.72. The van der Waals surface area contributed by atoms with Gasteiger partial charge in [-0.15, -0.1) is 0 Å². The quantitative estimate of drug-likeness (QED) is 0.290. The minimum atomic E-state index is -0.855. The Morgan fingerprint density at radius 3 is 2.45 bits per heavy atom. The third kappa shape index (κ3) is 4.45. The SMILES string of the molecule is CCOc1cccc(CN2C(=O)C(O)=C(C(=O)c3cc4cccc(OC)c4o3)C2c2ccc(OC)cc2)c1. The first-order valence-electron chi connectivity index (χ1n) is 12.2. The molecule has 1 unspecified atom stereocenters. The van der Waals surface area contributed by atoms with Crippen molar-refractivity contribution < 1.29 is 33.3 Å². The summed E-state index contributed by atoms with van der Waals surface area (Å²) in [4.78, 5) is 28.7. The molecule has 8 heteroatoms. The van der Waals surface area contributed by atoms with Crippen LogP contribution in [0.2, 0.25) is 0 Å². The number of methoxy groups -OCH3 is 2. The molecule has 0 saturated heterocycles. The zero-order valence-corrected chi connectivity index (χ0v) is 21.3. The van der Waals surface area contributed by atoms with E-state index in [-0.39, 0.29) is 17.9 Å². The van der Waals surface area contributed by atoms with Crippen molar-refractivity contribution >= 4 is 22.7 Å². The predicted molar refractivity (Wildman–Crippen MR) is 141 cm³/mol. The number of carbonyl (C=O) groups is 2. The van der Waals surface area contributed by atoms with Crippen molar-refractivity contribution in [2.45, 2.75) is 19.5 Å². The van der Waals surface area contributed by atoms with Crippen molar-refractivity contribution in [2.24, 2.45) is 0 Å². The summed E-state index contributed by atoms with van der Waals surface area (Å²) in [5.74, 6) is -0.0708. The lowest BCUT2D eigenvalue weighted by Crippen LogP contribution is -2.30. The maximum atomic E-state index is 13.8. The molecule has 3 aromatic carbocycles. The summed E-state index contributed by atoms with van der Waals surface area (Å²) < 4.78 is 22.1.